The van der Waals surface area contributed by atoms with Crippen LogP contribution in [-0.2, 0) is 10.8 Å². The van der Waals surface area contributed by atoms with Gasteiger partial charge in [-0.1, -0.05) is 248 Å². The molecule has 0 saturated carbocycles. The van der Waals surface area contributed by atoms with Crippen LogP contribution in [0.5, 0.6) is 0 Å². The normalized spacial score (nSPS) is 14.4. The van der Waals surface area contributed by atoms with Gasteiger partial charge in [0.2, 0.25) is 0 Å². The van der Waals surface area contributed by atoms with E-state index >= 15 is 0 Å². The van der Waals surface area contributed by atoms with Gasteiger partial charge in [-0.15, -0.1) is 0 Å². The molecule has 392 valence electrons. The second-order valence-corrected chi connectivity index (χ2v) is 22.1. The fourth-order valence-electron chi connectivity index (χ4n) is 14.2. The highest BCUT2D eigenvalue weighted by Crippen LogP contribution is 2.63. The third-order valence-corrected chi connectivity index (χ3v) is 17.7. The van der Waals surface area contributed by atoms with E-state index in [0.29, 0.717) is 23.0 Å². The molecular formula is C79H51N5. The molecule has 0 amide bonds. The summed E-state index contributed by atoms with van der Waals surface area (Å²) in [4.78, 5) is 15.0. The molecule has 5 heteroatoms. The molecule has 3 aliphatic rings. The van der Waals surface area contributed by atoms with Crippen molar-refractivity contribution in [2.45, 2.75) is 17.8 Å². The Morgan fingerprint density at radius 2 is 0.774 bits per heavy atom. The van der Waals surface area contributed by atoms with E-state index in [1.54, 1.807) is 0 Å². The second kappa shape index (κ2) is 19.3. The van der Waals surface area contributed by atoms with Crippen molar-refractivity contribution in [3.63, 3.8) is 0 Å². The molecule has 0 fully saturated rings. The van der Waals surface area contributed by atoms with Crippen molar-refractivity contribution in [2.75, 3.05) is 0 Å². The van der Waals surface area contributed by atoms with Gasteiger partial charge in [-0.05, 0) is 133 Å². The van der Waals surface area contributed by atoms with Crippen LogP contribution < -0.4 is 0 Å². The number of nitriles is 1. The average molecular weight is 1070 g/mol. The molecule has 0 bridgehead atoms. The van der Waals surface area contributed by atoms with E-state index in [2.05, 4.69) is 266 Å². The smallest absolute Gasteiger partial charge is 0.164 e. The van der Waals surface area contributed by atoms with Crippen LogP contribution in [0.3, 0.4) is 0 Å². The number of benzene rings is 12. The number of hydrogen-bond acceptors (Lipinski definition) is 4. The van der Waals surface area contributed by atoms with Gasteiger partial charge in [-0.2, -0.15) is 5.26 Å². The van der Waals surface area contributed by atoms with E-state index in [4.69, 9.17) is 15.0 Å². The van der Waals surface area contributed by atoms with Crippen LogP contribution in [0.4, 0.5) is 0 Å². The molecule has 3 aliphatic carbocycles. The maximum Gasteiger partial charge on any atom is 0.164 e. The summed E-state index contributed by atoms with van der Waals surface area (Å²) in [7, 11) is 0. The number of hydrogen-bond donors (Lipinski definition) is 0. The molecular weight excluding hydrogens is 1020 g/mol. The SMILES string of the molecule is Cc1ccc(C2(c3ccc4c(c3)c3ccccc3n4-c3ccccc3)c3ccccc3-c3cc(C#N)ccc32)cc1.c1ccc(-c2nc(-c3ccccc3)nc(-c3ccc4c(c3)C3(c5ccccc5-c5ccccc53)c3ccccc3-4)n2)cc1. The maximum atomic E-state index is 9.77. The van der Waals surface area contributed by atoms with Gasteiger partial charge >= 0.3 is 0 Å². The van der Waals surface area contributed by atoms with Crippen molar-refractivity contribution < 1.29 is 0 Å². The van der Waals surface area contributed by atoms with Crippen LogP contribution in [0.2, 0.25) is 0 Å². The van der Waals surface area contributed by atoms with Gasteiger partial charge in [0.1, 0.15) is 0 Å². The Kier molecular flexibility index (Phi) is 11.2. The van der Waals surface area contributed by atoms with Gasteiger partial charge in [-0.25, -0.2) is 15.0 Å². The molecule has 12 aromatic carbocycles. The summed E-state index contributed by atoms with van der Waals surface area (Å²) >= 11 is 0. The lowest BCUT2D eigenvalue weighted by molar-refractivity contribution is 0.769. The first-order valence-corrected chi connectivity index (χ1v) is 28.6. The highest BCUT2D eigenvalue weighted by Gasteiger charge is 2.52. The monoisotopic (exact) mass is 1070 g/mol. The maximum absolute atomic E-state index is 9.77. The van der Waals surface area contributed by atoms with Crippen molar-refractivity contribution in [3.8, 4) is 79.3 Å². The summed E-state index contributed by atoms with van der Waals surface area (Å²) < 4.78 is 2.36. The molecule has 84 heavy (non-hydrogen) atoms. The van der Waals surface area contributed by atoms with E-state index in [0.717, 1.165) is 27.9 Å². The molecule has 1 atom stereocenters. The summed E-state index contributed by atoms with van der Waals surface area (Å²) in [6.07, 6.45) is 0. The second-order valence-electron chi connectivity index (χ2n) is 22.1. The van der Waals surface area contributed by atoms with E-state index in [1.165, 1.54) is 99.7 Å². The van der Waals surface area contributed by atoms with Gasteiger partial charge in [0.05, 0.1) is 33.5 Å². The number of fused-ring (bicyclic) bond motifs is 16. The van der Waals surface area contributed by atoms with E-state index in [9.17, 15) is 5.26 Å². The minimum Gasteiger partial charge on any atom is -0.309 e. The van der Waals surface area contributed by atoms with Gasteiger partial charge in [0.25, 0.3) is 0 Å². The van der Waals surface area contributed by atoms with Crippen molar-refractivity contribution in [3.05, 3.63) is 347 Å². The van der Waals surface area contributed by atoms with E-state index in [-0.39, 0.29) is 0 Å². The molecule has 5 nitrogen and oxygen atoms in total. The Labute approximate surface area is 487 Å². The van der Waals surface area contributed by atoms with Gasteiger partial charge in [0, 0.05) is 33.2 Å². The molecule has 0 aliphatic heterocycles. The zero-order valence-corrected chi connectivity index (χ0v) is 45.9. The van der Waals surface area contributed by atoms with Crippen molar-refractivity contribution in [2.24, 2.45) is 0 Å². The van der Waals surface area contributed by atoms with Crippen LogP contribution in [0.1, 0.15) is 55.6 Å². The lowest BCUT2D eigenvalue weighted by Gasteiger charge is -2.34. The van der Waals surface area contributed by atoms with Crippen LogP contribution in [-0.4, -0.2) is 19.5 Å². The first-order chi connectivity index (χ1) is 41.5. The molecule has 0 radical (unpaired) electrons. The summed E-state index contributed by atoms with van der Waals surface area (Å²) in [5.74, 6) is 2.00. The highest BCUT2D eigenvalue weighted by molar-refractivity contribution is 6.10. The lowest BCUT2D eigenvalue weighted by atomic mass is 9.67. The number of aryl methyl sites for hydroxylation is 1. The molecule has 1 unspecified atom stereocenters. The minimum atomic E-state index is -0.516. The number of nitrogens with zero attached hydrogens (tertiary/aromatic N) is 5. The first-order valence-electron chi connectivity index (χ1n) is 28.6. The highest BCUT2D eigenvalue weighted by atomic mass is 15.0. The Bertz CT molecular complexity index is 4860. The summed E-state index contributed by atoms with van der Waals surface area (Å²) in [6.45, 7) is 2.14. The van der Waals surface area contributed by atoms with E-state index in [1.807, 2.05) is 42.5 Å². The van der Waals surface area contributed by atoms with Gasteiger partial charge in [-0.3, -0.25) is 0 Å². The Morgan fingerprint density at radius 3 is 1.36 bits per heavy atom. The van der Waals surface area contributed by atoms with Crippen molar-refractivity contribution in [1.82, 2.24) is 19.5 Å². The third-order valence-electron chi connectivity index (χ3n) is 17.7. The van der Waals surface area contributed by atoms with Crippen LogP contribution >= 0.6 is 0 Å². The zero-order valence-electron chi connectivity index (χ0n) is 45.9. The van der Waals surface area contributed by atoms with Crippen molar-refractivity contribution in [1.29, 1.82) is 5.26 Å². The average Bonchev–Trinajstić information content (AvgIpc) is 1.56. The largest absolute Gasteiger partial charge is 0.309 e. The fourth-order valence-corrected chi connectivity index (χ4v) is 14.2. The molecule has 2 heterocycles. The zero-order chi connectivity index (χ0) is 55.9. The Morgan fingerprint density at radius 1 is 0.321 bits per heavy atom. The van der Waals surface area contributed by atoms with E-state index < -0.39 is 10.8 Å². The van der Waals surface area contributed by atoms with Crippen molar-refractivity contribution >= 4 is 21.8 Å². The molecule has 2 aromatic heterocycles. The molecule has 17 rings (SSSR count). The van der Waals surface area contributed by atoms with Gasteiger partial charge < -0.3 is 4.57 Å². The van der Waals surface area contributed by atoms with Crippen LogP contribution in [0.25, 0.3) is 95.0 Å². The number of aromatic nitrogens is 4. The molecule has 0 N–H and O–H groups in total. The first kappa shape index (κ1) is 48.8. The van der Waals surface area contributed by atoms with Crippen LogP contribution in [0.15, 0.2) is 291 Å². The number of para-hydroxylation sites is 2. The minimum absolute atomic E-state index is 0.410. The topological polar surface area (TPSA) is 67.4 Å². The molecule has 14 aromatic rings. The van der Waals surface area contributed by atoms with Gasteiger partial charge in [0.15, 0.2) is 17.5 Å². The quantitative estimate of drug-likeness (QED) is 0.166. The standard InChI is InChI=1S/C40H25N3.C39H26N2/c1-3-13-26(14-4-1)37-41-38(27-15-5-2-6-16-27)43-39(42-37)28-23-24-32-31-19-9-12-22-35(31)40(36(32)25-28)33-20-10-7-17-29(33)30-18-8-11-21-34(30)40;1-26-15-18-28(19-16-26)39(35-13-7-5-11-31(35)33-23-27(25-40)17-21-36(33)39)29-20-22-38-34(24-29)32-12-6-8-14-37(32)41(38)30-9-3-2-4-10-30/h1-25H;2-24H,1H3. The number of rotatable bonds is 6. The summed E-state index contributed by atoms with van der Waals surface area (Å²) in [5, 5.41) is 12.2. The predicted octanol–water partition coefficient (Wildman–Crippen LogP) is 18.5. The Balaban J connectivity index is 0.000000137. The Hall–Kier alpha value is -11.1. The third kappa shape index (κ3) is 7.24. The predicted molar refractivity (Wildman–Crippen MR) is 340 cm³/mol. The summed E-state index contributed by atoms with van der Waals surface area (Å²) in [5.41, 5.74) is 25.0. The van der Waals surface area contributed by atoms with Crippen LogP contribution in [0, 0.1) is 18.3 Å². The summed E-state index contributed by atoms with van der Waals surface area (Å²) in [6, 6.07) is 106. The fraction of sp³-hybridized carbons (Fsp3) is 0.0380. The molecule has 0 saturated heterocycles. The molecule has 1 spiro atoms. The lowest BCUT2D eigenvalue weighted by Crippen LogP contribution is -2.28.